The third-order valence-electron chi connectivity index (χ3n) is 3.61. The van der Waals surface area contributed by atoms with Gasteiger partial charge >= 0.3 is 0 Å². The van der Waals surface area contributed by atoms with E-state index < -0.39 is 0 Å². The second kappa shape index (κ2) is 7.12. The Morgan fingerprint density at radius 2 is 1.80 bits per heavy atom. The van der Waals surface area contributed by atoms with Crippen molar-refractivity contribution < 1.29 is 23.8 Å². The third-order valence-corrected chi connectivity index (χ3v) is 3.61. The molecule has 0 atom stereocenters. The highest BCUT2D eigenvalue weighted by Crippen LogP contribution is 2.32. The van der Waals surface area contributed by atoms with Crippen molar-refractivity contribution in [2.75, 3.05) is 32.8 Å². The molecule has 2 amide bonds. The number of nitrogens with zero attached hydrogens (tertiary/aromatic N) is 1. The summed E-state index contributed by atoms with van der Waals surface area (Å²) in [5.41, 5.74) is 1.09. The summed E-state index contributed by atoms with van der Waals surface area (Å²) in [4.78, 5) is 25.2. The number of hydrogen-bond acceptors (Lipinski definition) is 5. The lowest BCUT2D eigenvalue weighted by Crippen LogP contribution is -2.27. The average molecular weight is 342 g/mol. The summed E-state index contributed by atoms with van der Waals surface area (Å²) in [6, 6.07) is 11.8. The van der Waals surface area contributed by atoms with Crippen LogP contribution in [-0.2, 0) is 4.79 Å². The summed E-state index contributed by atoms with van der Waals surface area (Å²) in [6.07, 6.45) is 0. The van der Waals surface area contributed by atoms with E-state index in [1.165, 1.54) is 4.90 Å². The van der Waals surface area contributed by atoms with Crippen molar-refractivity contribution in [2.45, 2.75) is 0 Å². The van der Waals surface area contributed by atoms with Crippen LogP contribution in [0.1, 0.15) is 10.4 Å². The van der Waals surface area contributed by atoms with E-state index in [0.29, 0.717) is 28.5 Å². The number of likely N-dealkylation sites (N-methyl/N-ethyl adjacent to an activating group) is 1. The predicted molar refractivity (Wildman–Crippen MR) is 91.1 cm³/mol. The van der Waals surface area contributed by atoms with Gasteiger partial charge in [-0.2, -0.15) is 0 Å². The number of anilines is 1. The number of benzene rings is 2. The van der Waals surface area contributed by atoms with Gasteiger partial charge in [0.2, 0.25) is 6.79 Å². The Morgan fingerprint density at radius 1 is 1.08 bits per heavy atom. The maximum atomic E-state index is 12.3. The zero-order valence-corrected chi connectivity index (χ0v) is 13.9. The van der Waals surface area contributed by atoms with Gasteiger partial charge in [0, 0.05) is 25.3 Å². The molecule has 130 valence electrons. The van der Waals surface area contributed by atoms with E-state index in [-0.39, 0.29) is 25.2 Å². The first-order chi connectivity index (χ1) is 12.0. The molecule has 2 aromatic rings. The number of fused-ring (bicyclic) bond motifs is 1. The molecule has 0 spiro atoms. The van der Waals surface area contributed by atoms with Crippen molar-refractivity contribution >= 4 is 17.5 Å². The number of nitrogens with one attached hydrogen (secondary N) is 1. The van der Waals surface area contributed by atoms with Crippen LogP contribution in [0.15, 0.2) is 42.5 Å². The lowest BCUT2D eigenvalue weighted by Gasteiger charge is -2.12. The topological polar surface area (TPSA) is 77.1 Å². The lowest BCUT2D eigenvalue weighted by molar-refractivity contribution is -0.130. The van der Waals surface area contributed by atoms with Gasteiger partial charge in [0.15, 0.2) is 18.1 Å². The van der Waals surface area contributed by atoms with Crippen molar-refractivity contribution in [3.63, 3.8) is 0 Å². The first-order valence-corrected chi connectivity index (χ1v) is 7.67. The van der Waals surface area contributed by atoms with Crippen molar-refractivity contribution in [1.29, 1.82) is 0 Å². The van der Waals surface area contributed by atoms with Gasteiger partial charge in [-0.25, -0.2) is 0 Å². The van der Waals surface area contributed by atoms with E-state index >= 15 is 0 Å². The SMILES string of the molecule is CN(C)C(=O)COc1ccc(NC(=O)c2ccc3c(c2)OCO3)cc1. The zero-order valence-electron chi connectivity index (χ0n) is 13.9. The summed E-state index contributed by atoms with van der Waals surface area (Å²) in [5.74, 6) is 1.36. The van der Waals surface area contributed by atoms with Crippen LogP contribution in [0.2, 0.25) is 0 Å². The molecule has 1 aliphatic heterocycles. The number of carbonyl (C=O) groups is 2. The van der Waals surface area contributed by atoms with Crippen LogP contribution in [-0.4, -0.2) is 44.2 Å². The molecule has 0 saturated carbocycles. The number of amides is 2. The molecule has 0 aliphatic carbocycles. The van der Waals surface area contributed by atoms with Crippen LogP contribution in [0.3, 0.4) is 0 Å². The van der Waals surface area contributed by atoms with Gasteiger partial charge in [0.05, 0.1) is 0 Å². The van der Waals surface area contributed by atoms with Crippen LogP contribution in [0.5, 0.6) is 17.2 Å². The molecular weight excluding hydrogens is 324 g/mol. The Morgan fingerprint density at radius 3 is 2.52 bits per heavy atom. The third kappa shape index (κ3) is 4.00. The summed E-state index contributed by atoms with van der Waals surface area (Å²) in [6.45, 7) is 0.133. The molecule has 0 aromatic heterocycles. The van der Waals surface area contributed by atoms with Crippen LogP contribution in [0.25, 0.3) is 0 Å². The number of ether oxygens (including phenoxy) is 3. The first kappa shape index (κ1) is 16.6. The molecule has 2 aromatic carbocycles. The molecule has 1 heterocycles. The highest BCUT2D eigenvalue weighted by molar-refractivity contribution is 6.04. The molecule has 0 fully saturated rings. The van der Waals surface area contributed by atoms with E-state index in [1.807, 2.05) is 0 Å². The second-order valence-corrected chi connectivity index (χ2v) is 5.62. The Bertz CT molecular complexity index is 787. The van der Waals surface area contributed by atoms with Gasteiger partial charge in [0.25, 0.3) is 11.8 Å². The van der Waals surface area contributed by atoms with E-state index in [4.69, 9.17) is 14.2 Å². The molecular formula is C18H18N2O5. The van der Waals surface area contributed by atoms with Gasteiger partial charge in [-0.3, -0.25) is 9.59 Å². The molecule has 0 radical (unpaired) electrons. The quantitative estimate of drug-likeness (QED) is 0.901. The summed E-state index contributed by atoms with van der Waals surface area (Å²) in [7, 11) is 3.33. The largest absolute Gasteiger partial charge is 0.484 e. The maximum Gasteiger partial charge on any atom is 0.259 e. The highest BCUT2D eigenvalue weighted by atomic mass is 16.7. The second-order valence-electron chi connectivity index (χ2n) is 5.62. The summed E-state index contributed by atoms with van der Waals surface area (Å²) in [5, 5.41) is 2.79. The van der Waals surface area contributed by atoms with E-state index in [1.54, 1.807) is 56.6 Å². The predicted octanol–water partition coefficient (Wildman–Crippen LogP) is 2.13. The Kier molecular flexibility index (Phi) is 4.74. The normalized spacial score (nSPS) is 11.8. The minimum absolute atomic E-state index is 0.0318. The molecule has 7 heteroatoms. The zero-order chi connectivity index (χ0) is 17.8. The van der Waals surface area contributed by atoms with Crippen molar-refractivity contribution in [3.05, 3.63) is 48.0 Å². The minimum atomic E-state index is -0.255. The lowest BCUT2D eigenvalue weighted by atomic mass is 10.2. The van der Waals surface area contributed by atoms with Crippen LogP contribution in [0.4, 0.5) is 5.69 Å². The van der Waals surface area contributed by atoms with Crippen molar-refractivity contribution in [3.8, 4) is 17.2 Å². The molecule has 1 aliphatic rings. The average Bonchev–Trinajstić information content (AvgIpc) is 3.08. The van der Waals surface area contributed by atoms with Gasteiger partial charge in [-0.1, -0.05) is 0 Å². The Balaban J connectivity index is 1.59. The summed E-state index contributed by atoms with van der Waals surface area (Å²) >= 11 is 0. The maximum absolute atomic E-state index is 12.3. The van der Waals surface area contributed by atoms with E-state index in [0.717, 1.165) is 0 Å². The standard InChI is InChI=1S/C18H18N2O5/c1-20(2)17(21)10-23-14-6-4-13(5-7-14)19-18(22)12-3-8-15-16(9-12)25-11-24-15/h3-9H,10-11H2,1-2H3,(H,19,22). The van der Waals surface area contributed by atoms with Crippen molar-refractivity contribution in [2.24, 2.45) is 0 Å². The Labute approximate surface area is 145 Å². The van der Waals surface area contributed by atoms with Gasteiger partial charge in [-0.15, -0.1) is 0 Å². The molecule has 0 saturated heterocycles. The highest BCUT2D eigenvalue weighted by Gasteiger charge is 2.16. The minimum Gasteiger partial charge on any atom is -0.484 e. The van der Waals surface area contributed by atoms with Gasteiger partial charge in [0.1, 0.15) is 5.75 Å². The first-order valence-electron chi connectivity index (χ1n) is 7.67. The molecule has 25 heavy (non-hydrogen) atoms. The number of carbonyl (C=O) groups excluding carboxylic acids is 2. The molecule has 0 unspecified atom stereocenters. The number of rotatable bonds is 5. The van der Waals surface area contributed by atoms with Crippen LogP contribution >= 0.6 is 0 Å². The van der Waals surface area contributed by atoms with Crippen LogP contribution < -0.4 is 19.5 Å². The molecule has 0 bridgehead atoms. The fraction of sp³-hybridized carbons (Fsp3) is 0.222. The fourth-order valence-electron chi connectivity index (χ4n) is 2.15. The van der Waals surface area contributed by atoms with Gasteiger partial charge in [-0.05, 0) is 42.5 Å². The summed E-state index contributed by atoms with van der Waals surface area (Å²) < 4.78 is 15.9. The Hall–Kier alpha value is -3.22. The molecule has 3 rings (SSSR count). The smallest absolute Gasteiger partial charge is 0.259 e. The number of hydrogen-bond donors (Lipinski definition) is 1. The van der Waals surface area contributed by atoms with Crippen LogP contribution in [0, 0.1) is 0 Å². The van der Waals surface area contributed by atoms with Crippen molar-refractivity contribution in [1.82, 2.24) is 4.90 Å². The van der Waals surface area contributed by atoms with E-state index in [9.17, 15) is 9.59 Å². The molecule has 1 N–H and O–H groups in total. The van der Waals surface area contributed by atoms with E-state index in [2.05, 4.69) is 5.32 Å². The van der Waals surface area contributed by atoms with Gasteiger partial charge < -0.3 is 24.4 Å². The monoisotopic (exact) mass is 342 g/mol. The molecule has 7 nitrogen and oxygen atoms in total. The fourth-order valence-corrected chi connectivity index (χ4v) is 2.15.